The SMILES string of the molecule is Cc1cc(N)cc(Nc2ccc(C)c(Cl)c2)c1. The first kappa shape index (κ1) is 11.8. The monoisotopic (exact) mass is 246 g/mol. The fourth-order valence-electron chi connectivity index (χ4n) is 1.72. The Morgan fingerprint density at radius 2 is 1.76 bits per heavy atom. The largest absolute Gasteiger partial charge is 0.399 e. The van der Waals surface area contributed by atoms with Gasteiger partial charge in [0.25, 0.3) is 0 Å². The van der Waals surface area contributed by atoms with Gasteiger partial charge in [-0.15, -0.1) is 0 Å². The summed E-state index contributed by atoms with van der Waals surface area (Å²) in [5, 5.41) is 4.05. The van der Waals surface area contributed by atoms with Crippen molar-refractivity contribution in [3.05, 3.63) is 52.5 Å². The van der Waals surface area contributed by atoms with Gasteiger partial charge in [0.2, 0.25) is 0 Å². The van der Waals surface area contributed by atoms with Crippen molar-refractivity contribution in [2.24, 2.45) is 0 Å². The zero-order valence-electron chi connectivity index (χ0n) is 9.92. The van der Waals surface area contributed by atoms with E-state index in [1.54, 1.807) is 0 Å². The van der Waals surface area contributed by atoms with Gasteiger partial charge in [-0.2, -0.15) is 0 Å². The van der Waals surface area contributed by atoms with Crippen molar-refractivity contribution in [1.29, 1.82) is 0 Å². The minimum atomic E-state index is 0.755. The molecule has 0 atom stereocenters. The molecular weight excluding hydrogens is 232 g/mol. The van der Waals surface area contributed by atoms with Crippen LogP contribution in [0.25, 0.3) is 0 Å². The smallest absolute Gasteiger partial charge is 0.0455 e. The average Bonchev–Trinajstić information content (AvgIpc) is 2.22. The lowest BCUT2D eigenvalue weighted by atomic mass is 10.2. The molecule has 0 fully saturated rings. The lowest BCUT2D eigenvalue weighted by Gasteiger charge is -2.09. The van der Waals surface area contributed by atoms with Gasteiger partial charge < -0.3 is 11.1 Å². The van der Waals surface area contributed by atoms with E-state index in [0.717, 1.165) is 33.2 Å². The Kier molecular flexibility index (Phi) is 3.25. The van der Waals surface area contributed by atoms with Gasteiger partial charge in [-0.25, -0.2) is 0 Å². The van der Waals surface area contributed by atoms with E-state index in [1.807, 2.05) is 50.2 Å². The third-order valence-corrected chi connectivity index (χ3v) is 2.97. The van der Waals surface area contributed by atoms with Crippen LogP contribution in [0.5, 0.6) is 0 Å². The topological polar surface area (TPSA) is 38.0 Å². The fourth-order valence-corrected chi connectivity index (χ4v) is 1.90. The predicted octanol–water partition coefficient (Wildman–Crippen LogP) is 4.28. The molecule has 2 nitrogen and oxygen atoms in total. The van der Waals surface area contributed by atoms with Gasteiger partial charge in [0, 0.05) is 22.1 Å². The molecule has 0 aliphatic carbocycles. The number of nitrogen functional groups attached to an aromatic ring is 1. The average molecular weight is 247 g/mol. The predicted molar refractivity (Wildman–Crippen MR) is 75.1 cm³/mol. The van der Waals surface area contributed by atoms with Crippen molar-refractivity contribution in [3.8, 4) is 0 Å². The highest BCUT2D eigenvalue weighted by Gasteiger charge is 2.00. The molecule has 2 aromatic carbocycles. The van der Waals surface area contributed by atoms with Crippen LogP contribution in [0.3, 0.4) is 0 Å². The molecule has 17 heavy (non-hydrogen) atoms. The van der Waals surface area contributed by atoms with Crippen LogP contribution in [0.15, 0.2) is 36.4 Å². The molecule has 3 heteroatoms. The van der Waals surface area contributed by atoms with E-state index >= 15 is 0 Å². The summed E-state index contributed by atoms with van der Waals surface area (Å²) >= 11 is 6.08. The summed E-state index contributed by atoms with van der Waals surface area (Å²) in [5.74, 6) is 0. The lowest BCUT2D eigenvalue weighted by Crippen LogP contribution is -1.94. The Hall–Kier alpha value is -1.67. The van der Waals surface area contributed by atoms with Crippen LogP contribution in [-0.4, -0.2) is 0 Å². The molecule has 0 spiro atoms. The third-order valence-electron chi connectivity index (χ3n) is 2.56. The van der Waals surface area contributed by atoms with E-state index in [9.17, 15) is 0 Å². The molecule has 0 saturated heterocycles. The van der Waals surface area contributed by atoms with Crippen molar-refractivity contribution < 1.29 is 0 Å². The summed E-state index contributed by atoms with van der Waals surface area (Å²) in [6, 6.07) is 11.8. The zero-order chi connectivity index (χ0) is 12.4. The van der Waals surface area contributed by atoms with E-state index in [1.165, 1.54) is 0 Å². The first-order valence-corrected chi connectivity index (χ1v) is 5.83. The van der Waals surface area contributed by atoms with Crippen molar-refractivity contribution in [2.75, 3.05) is 11.1 Å². The number of nitrogens with two attached hydrogens (primary N) is 1. The van der Waals surface area contributed by atoms with Gasteiger partial charge in [-0.1, -0.05) is 17.7 Å². The summed E-state index contributed by atoms with van der Waals surface area (Å²) in [7, 11) is 0. The van der Waals surface area contributed by atoms with Crippen LogP contribution >= 0.6 is 11.6 Å². The van der Waals surface area contributed by atoms with Crippen LogP contribution in [-0.2, 0) is 0 Å². The number of nitrogens with one attached hydrogen (secondary N) is 1. The molecule has 0 aromatic heterocycles. The summed E-state index contributed by atoms with van der Waals surface area (Å²) in [6.07, 6.45) is 0. The van der Waals surface area contributed by atoms with E-state index in [-0.39, 0.29) is 0 Å². The highest BCUT2D eigenvalue weighted by molar-refractivity contribution is 6.31. The Bertz CT molecular complexity index is 530. The summed E-state index contributed by atoms with van der Waals surface area (Å²) < 4.78 is 0. The van der Waals surface area contributed by atoms with Crippen molar-refractivity contribution >= 4 is 28.7 Å². The van der Waals surface area contributed by atoms with Crippen LogP contribution in [0.2, 0.25) is 5.02 Å². The molecule has 0 bridgehead atoms. The Morgan fingerprint density at radius 1 is 1.00 bits per heavy atom. The van der Waals surface area contributed by atoms with Gasteiger partial charge in [-0.05, 0) is 55.3 Å². The fraction of sp³-hybridized carbons (Fsp3) is 0.143. The van der Waals surface area contributed by atoms with Crippen LogP contribution in [0, 0.1) is 13.8 Å². The van der Waals surface area contributed by atoms with Crippen molar-refractivity contribution in [3.63, 3.8) is 0 Å². The number of benzene rings is 2. The van der Waals surface area contributed by atoms with E-state index in [0.29, 0.717) is 0 Å². The maximum Gasteiger partial charge on any atom is 0.0455 e. The van der Waals surface area contributed by atoms with Gasteiger partial charge >= 0.3 is 0 Å². The second-order valence-corrected chi connectivity index (χ2v) is 4.63. The molecule has 0 heterocycles. The van der Waals surface area contributed by atoms with Crippen LogP contribution < -0.4 is 11.1 Å². The van der Waals surface area contributed by atoms with Crippen LogP contribution in [0.1, 0.15) is 11.1 Å². The highest BCUT2D eigenvalue weighted by atomic mass is 35.5. The Balaban J connectivity index is 2.28. The van der Waals surface area contributed by atoms with Gasteiger partial charge in [0.05, 0.1) is 0 Å². The van der Waals surface area contributed by atoms with Gasteiger partial charge in [-0.3, -0.25) is 0 Å². The molecular formula is C14H15ClN2. The van der Waals surface area contributed by atoms with E-state index in [4.69, 9.17) is 17.3 Å². The normalized spacial score (nSPS) is 10.3. The Labute approximate surface area is 106 Å². The minimum Gasteiger partial charge on any atom is -0.399 e. The molecule has 0 saturated carbocycles. The molecule has 0 amide bonds. The summed E-state index contributed by atoms with van der Waals surface area (Å²) in [5.41, 5.74) is 10.7. The first-order valence-electron chi connectivity index (χ1n) is 5.45. The number of aryl methyl sites for hydroxylation is 2. The van der Waals surface area contributed by atoms with E-state index < -0.39 is 0 Å². The zero-order valence-corrected chi connectivity index (χ0v) is 10.7. The summed E-state index contributed by atoms with van der Waals surface area (Å²) in [6.45, 7) is 4.00. The highest BCUT2D eigenvalue weighted by Crippen LogP contribution is 2.24. The second-order valence-electron chi connectivity index (χ2n) is 4.22. The molecule has 0 aliphatic rings. The maximum atomic E-state index is 6.08. The quantitative estimate of drug-likeness (QED) is 0.776. The lowest BCUT2D eigenvalue weighted by molar-refractivity contribution is 1.43. The standard InChI is InChI=1S/C14H15ClN2/c1-9-5-11(16)7-13(6-9)17-12-4-3-10(2)14(15)8-12/h3-8,17H,16H2,1-2H3. The number of rotatable bonds is 2. The minimum absolute atomic E-state index is 0.755. The molecule has 0 unspecified atom stereocenters. The van der Waals surface area contributed by atoms with Gasteiger partial charge in [0.1, 0.15) is 0 Å². The van der Waals surface area contributed by atoms with Crippen LogP contribution in [0.4, 0.5) is 17.1 Å². The number of halogens is 1. The van der Waals surface area contributed by atoms with E-state index in [2.05, 4.69) is 5.32 Å². The molecule has 3 N–H and O–H groups in total. The van der Waals surface area contributed by atoms with Crippen molar-refractivity contribution in [2.45, 2.75) is 13.8 Å². The maximum absolute atomic E-state index is 6.08. The first-order chi connectivity index (χ1) is 8.04. The molecule has 88 valence electrons. The molecule has 2 rings (SSSR count). The molecule has 2 aromatic rings. The summed E-state index contributed by atoms with van der Waals surface area (Å²) in [4.78, 5) is 0. The molecule has 0 aliphatic heterocycles. The number of hydrogen-bond donors (Lipinski definition) is 2. The van der Waals surface area contributed by atoms with Gasteiger partial charge in [0.15, 0.2) is 0 Å². The number of anilines is 3. The molecule has 0 radical (unpaired) electrons. The number of hydrogen-bond acceptors (Lipinski definition) is 2. The third kappa shape index (κ3) is 2.92. The second kappa shape index (κ2) is 4.68. The van der Waals surface area contributed by atoms with Crippen molar-refractivity contribution in [1.82, 2.24) is 0 Å². The Morgan fingerprint density at radius 3 is 2.41 bits per heavy atom.